The van der Waals surface area contributed by atoms with Crippen LogP contribution in [0.15, 0.2) is 59.5 Å². The van der Waals surface area contributed by atoms with Crippen LogP contribution in [0.2, 0.25) is 10.0 Å². The second-order valence-corrected chi connectivity index (χ2v) is 9.51. The van der Waals surface area contributed by atoms with E-state index in [0.717, 1.165) is 34.9 Å². The van der Waals surface area contributed by atoms with Crippen LogP contribution in [0.1, 0.15) is 25.3 Å². The molecule has 158 valence electrons. The summed E-state index contributed by atoms with van der Waals surface area (Å²) in [4.78, 5) is 15.3. The van der Waals surface area contributed by atoms with Crippen molar-refractivity contribution in [2.75, 3.05) is 11.5 Å². The smallest absolute Gasteiger partial charge is 0.270 e. The molecule has 7 heteroatoms. The van der Waals surface area contributed by atoms with Crippen molar-refractivity contribution >= 4 is 79.9 Å². The van der Waals surface area contributed by atoms with Gasteiger partial charge in [-0.15, -0.1) is 0 Å². The van der Waals surface area contributed by atoms with E-state index in [4.69, 9.17) is 40.2 Å². The summed E-state index contributed by atoms with van der Waals surface area (Å²) in [7, 11) is 0. The normalized spacial score (nSPS) is 15.3. The first-order valence-electron chi connectivity index (χ1n) is 9.87. The minimum absolute atomic E-state index is 0.194. The van der Waals surface area contributed by atoms with E-state index >= 15 is 0 Å². The number of hydrogen-bond donors (Lipinski definition) is 0. The highest BCUT2D eigenvalue weighted by Crippen LogP contribution is 2.40. The molecule has 0 unspecified atom stereocenters. The zero-order valence-corrected chi connectivity index (χ0v) is 19.9. The van der Waals surface area contributed by atoms with Crippen molar-refractivity contribution in [3.05, 3.63) is 75.1 Å². The lowest BCUT2D eigenvalue weighted by Crippen LogP contribution is -2.27. The average molecular weight is 488 g/mol. The molecule has 1 aliphatic heterocycles. The summed E-state index contributed by atoms with van der Waals surface area (Å²) in [6, 6.07) is 17.1. The quantitative estimate of drug-likeness (QED) is 0.202. The van der Waals surface area contributed by atoms with Gasteiger partial charge in [-0.2, -0.15) is 0 Å². The van der Waals surface area contributed by atoms with E-state index in [1.165, 1.54) is 16.7 Å². The third-order valence-corrected chi connectivity index (χ3v) is 6.96. The fourth-order valence-corrected chi connectivity index (χ4v) is 4.90. The molecule has 0 saturated carbocycles. The number of thioether (sulfide) groups is 1. The van der Waals surface area contributed by atoms with Gasteiger partial charge in [0.2, 0.25) is 0 Å². The predicted molar refractivity (Wildman–Crippen MR) is 136 cm³/mol. The van der Waals surface area contributed by atoms with Crippen molar-refractivity contribution in [3.63, 3.8) is 0 Å². The number of hydrogen-bond acceptors (Lipinski definition) is 4. The maximum atomic E-state index is 13.3. The first-order chi connectivity index (χ1) is 15.0. The number of thiocarbonyl (C=S) groups is 1. The van der Waals surface area contributed by atoms with E-state index < -0.39 is 0 Å². The molecular weight excluding hydrogens is 469 g/mol. The predicted octanol–water partition coefficient (Wildman–Crippen LogP) is 7.73. The summed E-state index contributed by atoms with van der Waals surface area (Å²) in [5.74, 6) is 0.563. The number of carbonyl (C=O) groups is 1. The minimum atomic E-state index is -0.194. The number of nitrogens with zero attached hydrogens (tertiary/aromatic N) is 1. The molecule has 0 spiro atoms. The zero-order chi connectivity index (χ0) is 22.0. The highest BCUT2D eigenvalue weighted by atomic mass is 35.5. The van der Waals surface area contributed by atoms with Gasteiger partial charge in [0.25, 0.3) is 5.91 Å². The Bertz CT molecular complexity index is 1210. The third kappa shape index (κ3) is 4.60. The number of fused-ring (bicyclic) bond motifs is 1. The standard InChI is InChI=1S/C24H19Cl2NO2S2/c1-2-3-12-29-21-11-8-15-6-4-5-7-17(15)18(21)14-22-23(28)27(24(30)31-22)16-9-10-19(25)20(26)13-16/h4-11,13-14H,2-3,12H2,1H3/b22-14+. The maximum Gasteiger partial charge on any atom is 0.270 e. The van der Waals surface area contributed by atoms with Crippen molar-refractivity contribution in [3.8, 4) is 5.75 Å². The SMILES string of the molecule is CCCCOc1ccc2ccccc2c1/C=C1/SC(=S)N(c2ccc(Cl)c(Cl)c2)C1=O. The van der Waals surface area contributed by atoms with Crippen LogP contribution < -0.4 is 9.64 Å². The van der Waals surface area contributed by atoms with Crippen molar-refractivity contribution < 1.29 is 9.53 Å². The molecule has 0 atom stereocenters. The topological polar surface area (TPSA) is 29.5 Å². The molecule has 1 aliphatic rings. The fourth-order valence-electron chi connectivity index (χ4n) is 3.32. The third-order valence-electron chi connectivity index (χ3n) is 4.92. The van der Waals surface area contributed by atoms with Gasteiger partial charge in [-0.1, -0.05) is 90.9 Å². The molecule has 1 fully saturated rings. The summed E-state index contributed by atoms with van der Waals surface area (Å²) in [5, 5.41) is 2.90. The van der Waals surface area contributed by atoms with Gasteiger partial charge >= 0.3 is 0 Å². The molecular formula is C24H19Cl2NO2S2. The van der Waals surface area contributed by atoms with Crippen LogP contribution in [0.4, 0.5) is 5.69 Å². The molecule has 0 bridgehead atoms. The summed E-state index contributed by atoms with van der Waals surface area (Å²) in [6.07, 6.45) is 3.89. The number of rotatable bonds is 6. The molecule has 0 N–H and O–H groups in total. The summed E-state index contributed by atoms with van der Waals surface area (Å²) < 4.78 is 6.50. The number of anilines is 1. The first kappa shape index (κ1) is 22.2. The Kier molecular flexibility index (Phi) is 6.87. The monoisotopic (exact) mass is 487 g/mol. The van der Waals surface area contributed by atoms with Gasteiger partial charge in [-0.05, 0) is 47.5 Å². The van der Waals surface area contributed by atoms with Gasteiger partial charge in [-0.3, -0.25) is 9.69 Å². The molecule has 0 aliphatic carbocycles. The van der Waals surface area contributed by atoms with Crippen LogP contribution in [0.5, 0.6) is 5.75 Å². The largest absolute Gasteiger partial charge is 0.493 e. The van der Waals surface area contributed by atoms with Crippen molar-refractivity contribution in [1.29, 1.82) is 0 Å². The Labute approximate surface area is 201 Å². The molecule has 1 heterocycles. The molecule has 0 radical (unpaired) electrons. The first-order valence-corrected chi connectivity index (χ1v) is 11.8. The van der Waals surface area contributed by atoms with Crippen LogP contribution in [0, 0.1) is 0 Å². The molecule has 0 aromatic heterocycles. The van der Waals surface area contributed by atoms with E-state index in [0.29, 0.717) is 31.6 Å². The molecule has 31 heavy (non-hydrogen) atoms. The Morgan fingerprint density at radius 3 is 2.68 bits per heavy atom. The number of halogens is 2. The zero-order valence-electron chi connectivity index (χ0n) is 16.7. The molecule has 4 rings (SSSR count). The van der Waals surface area contributed by atoms with Gasteiger partial charge in [0.15, 0.2) is 4.32 Å². The van der Waals surface area contributed by atoms with Crippen molar-refractivity contribution in [1.82, 2.24) is 0 Å². The summed E-state index contributed by atoms with van der Waals surface area (Å²) in [6.45, 7) is 2.75. The number of carbonyl (C=O) groups excluding carboxylic acids is 1. The van der Waals surface area contributed by atoms with Crippen LogP contribution in [-0.2, 0) is 4.79 Å². The van der Waals surface area contributed by atoms with Gasteiger partial charge in [0.1, 0.15) is 5.75 Å². The Balaban J connectivity index is 1.75. The Hall–Kier alpha value is -2.05. The maximum absolute atomic E-state index is 13.3. The molecule has 3 nitrogen and oxygen atoms in total. The molecule has 3 aromatic rings. The van der Waals surface area contributed by atoms with Crippen molar-refractivity contribution in [2.45, 2.75) is 19.8 Å². The van der Waals surface area contributed by atoms with E-state index in [1.54, 1.807) is 18.2 Å². The number of ether oxygens (including phenoxy) is 1. The van der Waals surface area contributed by atoms with Gasteiger partial charge < -0.3 is 4.74 Å². The van der Waals surface area contributed by atoms with Gasteiger partial charge in [0.05, 0.1) is 27.2 Å². The summed E-state index contributed by atoms with van der Waals surface area (Å²) >= 11 is 18.9. The summed E-state index contributed by atoms with van der Waals surface area (Å²) in [5.41, 5.74) is 1.47. The number of amides is 1. The van der Waals surface area contributed by atoms with E-state index in [1.807, 2.05) is 42.5 Å². The van der Waals surface area contributed by atoms with E-state index in [9.17, 15) is 4.79 Å². The molecule has 1 saturated heterocycles. The van der Waals surface area contributed by atoms with E-state index in [-0.39, 0.29) is 5.91 Å². The molecule has 1 amide bonds. The van der Waals surface area contributed by atoms with Crippen LogP contribution >= 0.6 is 47.2 Å². The second-order valence-electron chi connectivity index (χ2n) is 7.02. The lowest BCUT2D eigenvalue weighted by atomic mass is 10.0. The Morgan fingerprint density at radius 2 is 1.90 bits per heavy atom. The average Bonchev–Trinajstić information content (AvgIpc) is 3.04. The van der Waals surface area contributed by atoms with E-state index in [2.05, 4.69) is 6.92 Å². The number of benzene rings is 3. The van der Waals surface area contributed by atoms with Gasteiger partial charge in [-0.25, -0.2) is 0 Å². The van der Waals surface area contributed by atoms with Crippen LogP contribution in [0.25, 0.3) is 16.8 Å². The molecule has 3 aromatic carbocycles. The lowest BCUT2D eigenvalue weighted by Gasteiger charge is -2.15. The van der Waals surface area contributed by atoms with Gasteiger partial charge in [0, 0.05) is 5.56 Å². The highest BCUT2D eigenvalue weighted by Gasteiger charge is 2.34. The van der Waals surface area contributed by atoms with Crippen LogP contribution in [0.3, 0.4) is 0 Å². The lowest BCUT2D eigenvalue weighted by molar-refractivity contribution is -0.113. The number of unbranched alkanes of at least 4 members (excludes halogenated alkanes) is 1. The fraction of sp³-hybridized carbons (Fsp3) is 0.167. The van der Waals surface area contributed by atoms with Crippen molar-refractivity contribution in [2.24, 2.45) is 0 Å². The minimum Gasteiger partial charge on any atom is -0.493 e. The Morgan fingerprint density at radius 1 is 1.10 bits per heavy atom. The second kappa shape index (κ2) is 9.61. The highest BCUT2D eigenvalue weighted by molar-refractivity contribution is 8.27. The van der Waals surface area contributed by atoms with Crippen LogP contribution in [-0.4, -0.2) is 16.8 Å².